The van der Waals surface area contributed by atoms with Crippen LogP contribution in [0.25, 0.3) is 22.6 Å². The number of piperazine rings is 1. The molecule has 0 spiro atoms. The molecule has 4 heterocycles. The van der Waals surface area contributed by atoms with Gasteiger partial charge in [-0.1, -0.05) is 23.7 Å². The molecule has 8 nitrogen and oxygen atoms in total. The van der Waals surface area contributed by atoms with Gasteiger partial charge in [-0.15, -0.1) is 12.4 Å². The number of anilines is 1. The second-order valence-electron chi connectivity index (χ2n) is 8.42. The van der Waals surface area contributed by atoms with Crippen molar-refractivity contribution in [3.8, 4) is 11.4 Å². The first-order valence-corrected chi connectivity index (χ1v) is 11.5. The fraction of sp³-hybridized carbons (Fsp3) is 0.478. The summed E-state index contributed by atoms with van der Waals surface area (Å²) in [6.07, 6.45) is 2.22. The van der Waals surface area contributed by atoms with Crippen LogP contribution in [-0.2, 0) is 16.1 Å². The van der Waals surface area contributed by atoms with E-state index in [9.17, 15) is 4.79 Å². The van der Waals surface area contributed by atoms with Crippen LogP contribution in [0.3, 0.4) is 0 Å². The Morgan fingerprint density at radius 3 is 2.58 bits per heavy atom. The lowest BCUT2D eigenvalue weighted by Crippen LogP contribution is -2.48. The Labute approximate surface area is 204 Å². The first-order chi connectivity index (χ1) is 15.5. The molecular weight excluding hydrogens is 463 g/mol. The zero-order chi connectivity index (χ0) is 22.2. The molecule has 2 aliphatic rings. The number of fused-ring (bicyclic) bond motifs is 1. The molecule has 1 unspecified atom stereocenters. The van der Waals surface area contributed by atoms with Crippen LogP contribution in [0.1, 0.15) is 25.6 Å². The van der Waals surface area contributed by atoms with Gasteiger partial charge < -0.3 is 19.1 Å². The van der Waals surface area contributed by atoms with E-state index < -0.39 is 0 Å². The third-order valence-corrected chi connectivity index (χ3v) is 6.57. The molecule has 1 aromatic carbocycles. The van der Waals surface area contributed by atoms with Crippen molar-refractivity contribution in [3.05, 3.63) is 35.1 Å². The van der Waals surface area contributed by atoms with Gasteiger partial charge in [0.25, 0.3) is 0 Å². The van der Waals surface area contributed by atoms with Crippen LogP contribution in [0, 0.1) is 6.92 Å². The fourth-order valence-corrected chi connectivity index (χ4v) is 4.78. The first kappa shape index (κ1) is 23.7. The molecule has 3 aromatic rings. The molecule has 0 radical (unpaired) electrons. The van der Waals surface area contributed by atoms with E-state index in [2.05, 4.69) is 9.47 Å². The summed E-state index contributed by atoms with van der Waals surface area (Å²) in [5.41, 5.74) is 2.43. The number of hydrogen-bond acceptors (Lipinski definition) is 6. The summed E-state index contributed by atoms with van der Waals surface area (Å²) in [7, 11) is 0. The number of ether oxygens (including phenoxy) is 1. The largest absolute Gasteiger partial charge is 0.376 e. The van der Waals surface area contributed by atoms with Crippen molar-refractivity contribution in [3.63, 3.8) is 0 Å². The molecule has 176 valence electrons. The number of carbonyl (C=O) groups excluding carboxylic acids is 1. The monoisotopic (exact) mass is 490 g/mol. The summed E-state index contributed by atoms with van der Waals surface area (Å²) >= 11 is 6.57. The van der Waals surface area contributed by atoms with Crippen molar-refractivity contribution in [1.29, 1.82) is 0 Å². The van der Waals surface area contributed by atoms with Gasteiger partial charge in [0.2, 0.25) is 5.91 Å². The van der Waals surface area contributed by atoms with Crippen LogP contribution in [0.4, 0.5) is 5.82 Å². The van der Waals surface area contributed by atoms with Gasteiger partial charge in [0.15, 0.2) is 17.0 Å². The van der Waals surface area contributed by atoms with Gasteiger partial charge in [-0.2, -0.15) is 0 Å². The Bertz CT molecular complexity index is 1150. The number of amides is 1. The SMILES string of the molecule is CC(=O)N1CCN(c2nc(C)nc3c2nc(-c2ccccc2Cl)n3CC2CCCO2)CC1.Cl. The number of hydrogen-bond donors (Lipinski definition) is 0. The molecule has 1 amide bonds. The molecule has 1 atom stereocenters. The maximum Gasteiger partial charge on any atom is 0.219 e. The van der Waals surface area contributed by atoms with E-state index in [1.54, 1.807) is 6.92 Å². The topological polar surface area (TPSA) is 76.4 Å². The molecule has 0 N–H and O–H groups in total. The maximum atomic E-state index is 11.8. The van der Waals surface area contributed by atoms with Crippen LogP contribution < -0.4 is 4.90 Å². The summed E-state index contributed by atoms with van der Waals surface area (Å²) in [5.74, 6) is 2.40. The van der Waals surface area contributed by atoms with Crippen LogP contribution in [0.2, 0.25) is 5.02 Å². The molecule has 10 heteroatoms. The quantitative estimate of drug-likeness (QED) is 0.554. The summed E-state index contributed by atoms with van der Waals surface area (Å²) in [4.78, 5) is 30.4. The Morgan fingerprint density at radius 1 is 1.15 bits per heavy atom. The van der Waals surface area contributed by atoms with E-state index in [0.29, 0.717) is 43.6 Å². The molecule has 33 heavy (non-hydrogen) atoms. The molecule has 0 saturated carbocycles. The smallest absolute Gasteiger partial charge is 0.219 e. The van der Waals surface area contributed by atoms with Gasteiger partial charge in [-0.05, 0) is 31.9 Å². The number of imidazole rings is 1. The third kappa shape index (κ3) is 4.65. The van der Waals surface area contributed by atoms with E-state index >= 15 is 0 Å². The van der Waals surface area contributed by atoms with E-state index in [-0.39, 0.29) is 24.4 Å². The maximum absolute atomic E-state index is 11.8. The summed E-state index contributed by atoms with van der Waals surface area (Å²) < 4.78 is 8.07. The average molecular weight is 491 g/mol. The Hall–Kier alpha value is -2.42. The molecule has 5 rings (SSSR count). The van der Waals surface area contributed by atoms with Crippen molar-refractivity contribution >= 4 is 46.9 Å². The molecular formula is C23H28Cl2N6O2. The van der Waals surface area contributed by atoms with Crippen LogP contribution in [0.15, 0.2) is 24.3 Å². The summed E-state index contributed by atoms with van der Waals surface area (Å²) in [6.45, 7) is 7.76. The highest BCUT2D eigenvalue weighted by Gasteiger charge is 2.27. The number of benzene rings is 1. The predicted octanol–water partition coefficient (Wildman–Crippen LogP) is 3.72. The second-order valence-corrected chi connectivity index (χ2v) is 8.83. The number of carbonyl (C=O) groups is 1. The molecule has 2 saturated heterocycles. The Kier molecular flexibility index (Phi) is 7.07. The molecule has 0 bridgehead atoms. The van der Waals surface area contributed by atoms with Gasteiger partial charge in [-0.3, -0.25) is 4.79 Å². The molecule has 2 aliphatic heterocycles. The predicted molar refractivity (Wildman–Crippen MR) is 131 cm³/mol. The van der Waals surface area contributed by atoms with E-state index in [1.807, 2.05) is 36.1 Å². The minimum atomic E-state index is 0. The zero-order valence-corrected chi connectivity index (χ0v) is 20.4. The van der Waals surface area contributed by atoms with Crippen molar-refractivity contribution < 1.29 is 9.53 Å². The third-order valence-electron chi connectivity index (χ3n) is 6.24. The van der Waals surface area contributed by atoms with Crippen molar-refractivity contribution in [2.45, 2.75) is 39.3 Å². The number of nitrogens with zero attached hydrogens (tertiary/aromatic N) is 6. The fourth-order valence-electron chi connectivity index (χ4n) is 4.56. The van der Waals surface area contributed by atoms with Crippen LogP contribution >= 0.6 is 24.0 Å². The van der Waals surface area contributed by atoms with Crippen molar-refractivity contribution in [2.24, 2.45) is 0 Å². The molecule has 2 fully saturated rings. The Balaban J connectivity index is 0.00000259. The lowest BCUT2D eigenvalue weighted by Gasteiger charge is -2.34. The Morgan fingerprint density at radius 2 is 1.91 bits per heavy atom. The second kappa shape index (κ2) is 9.83. The van der Waals surface area contributed by atoms with Crippen LogP contribution in [0.5, 0.6) is 0 Å². The standard InChI is InChI=1S/C23H27ClN6O2.ClH/c1-15-25-22(29-11-9-28(10-12-29)16(2)31)20-23(26-15)30(14-17-6-5-13-32-17)21(27-20)18-7-3-4-8-19(18)24;/h3-4,7-8,17H,5-6,9-14H2,1-2H3;1H. The van der Waals surface area contributed by atoms with Crippen molar-refractivity contribution in [2.75, 3.05) is 37.7 Å². The molecule has 2 aromatic heterocycles. The average Bonchev–Trinajstić information content (AvgIpc) is 3.42. The number of aryl methyl sites for hydroxylation is 1. The summed E-state index contributed by atoms with van der Waals surface area (Å²) in [5, 5.41) is 0.651. The van der Waals surface area contributed by atoms with Gasteiger partial charge in [0.1, 0.15) is 11.6 Å². The van der Waals surface area contributed by atoms with Crippen LogP contribution in [-0.4, -0.2) is 69.2 Å². The normalized spacial score (nSPS) is 18.6. The number of aromatic nitrogens is 4. The van der Waals surface area contributed by atoms with E-state index in [1.165, 1.54) is 0 Å². The molecule has 0 aliphatic carbocycles. The van der Waals surface area contributed by atoms with E-state index in [4.69, 9.17) is 31.3 Å². The lowest BCUT2D eigenvalue weighted by atomic mass is 10.2. The lowest BCUT2D eigenvalue weighted by molar-refractivity contribution is -0.129. The number of halogens is 2. The highest BCUT2D eigenvalue weighted by Crippen LogP contribution is 2.34. The van der Waals surface area contributed by atoms with Crippen molar-refractivity contribution in [1.82, 2.24) is 24.4 Å². The number of rotatable bonds is 4. The minimum Gasteiger partial charge on any atom is -0.376 e. The zero-order valence-electron chi connectivity index (χ0n) is 18.8. The first-order valence-electron chi connectivity index (χ1n) is 11.1. The van der Waals surface area contributed by atoms with Gasteiger partial charge >= 0.3 is 0 Å². The van der Waals surface area contributed by atoms with Gasteiger partial charge in [0, 0.05) is 45.3 Å². The van der Waals surface area contributed by atoms with Gasteiger partial charge in [-0.25, -0.2) is 15.0 Å². The summed E-state index contributed by atoms with van der Waals surface area (Å²) in [6, 6.07) is 7.76. The van der Waals surface area contributed by atoms with E-state index in [0.717, 1.165) is 47.8 Å². The van der Waals surface area contributed by atoms with Gasteiger partial charge in [0.05, 0.1) is 17.7 Å². The highest BCUT2D eigenvalue weighted by molar-refractivity contribution is 6.33. The minimum absolute atomic E-state index is 0. The highest BCUT2D eigenvalue weighted by atomic mass is 35.5.